The highest BCUT2D eigenvalue weighted by Crippen LogP contribution is 2.23. The first kappa shape index (κ1) is 18.5. The highest BCUT2D eigenvalue weighted by molar-refractivity contribution is 5.68. The number of nitrogens with zero attached hydrogens (tertiary/aromatic N) is 2. The molecule has 0 atom stereocenters. The van der Waals surface area contributed by atoms with Crippen LogP contribution in [0, 0.1) is 17.6 Å². The van der Waals surface area contributed by atoms with Gasteiger partial charge in [0, 0.05) is 30.9 Å². The first-order valence-electron chi connectivity index (χ1n) is 8.56. The van der Waals surface area contributed by atoms with Crippen molar-refractivity contribution in [3.05, 3.63) is 53.2 Å². The van der Waals surface area contributed by atoms with Gasteiger partial charge in [-0.05, 0) is 42.8 Å². The summed E-state index contributed by atoms with van der Waals surface area (Å²) in [5.41, 5.74) is 5.40. The Kier molecular flexibility index (Phi) is 6.37. The molecule has 1 aromatic rings. The van der Waals surface area contributed by atoms with Gasteiger partial charge in [-0.3, -0.25) is 15.3 Å². The number of halogens is 2. The second-order valence-corrected chi connectivity index (χ2v) is 6.51. The summed E-state index contributed by atoms with van der Waals surface area (Å²) in [6.45, 7) is 12.0. The van der Waals surface area contributed by atoms with Crippen molar-refractivity contribution in [3.63, 3.8) is 0 Å². The van der Waals surface area contributed by atoms with Crippen molar-refractivity contribution in [2.45, 2.75) is 27.7 Å². The monoisotopic (exact) mass is 335 g/mol. The molecule has 2 rings (SSSR count). The number of likely N-dealkylation sites (N-methyl/N-ethyl adjacent to an activating group) is 1. The van der Waals surface area contributed by atoms with Gasteiger partial charge >= 0.3 is 0 Å². The minimum absolute atomic E-state index is 0.385. The summed E-state index contributed by atoms with van der Waals surface area (Å²) >= 11 is 0. The molecule has 1 heterocycles. The molecule has 5 heteroatoms. The second-order valence-electron chi connectivity index (χ2n) is 6.51. The molecular formula is C19H27F2N3. The maximum atomic E-state index is 14.2. The van der Waals surface area contributed by atoms with Gasteiger partial charge in [-0.2, -0.15) is 0 Å². The lowest BCUT2D eigenvalue weighted by molar-refractivity contribution is 0.274. The van der Waals surface area contributed by atoms with Gasteiger partial charge in [-0.15, -0.1) is 0 Å². The normalized spacial score (nSPS) is 14.8. The molecule has 1 N–H and O–H groups in total. The van der Waals surface area contributed by atoms with Gasteiger partial charge in [0.05, 0.1) is 5.70 Å². The smallest absolute Gasteiger partial charge is 0.135 e. The number of hydrazine groups is 1. The van der Waals surface area contributed by atoms with Crippen LogP contribution in [-0.2, 0) is 0 Å². The molecule has 0 bridgehead atoms. The van der Waals surface area contributed by atoms with Gasteiger partial charge in [0.25, 0.3) is 0 Å². The highest BCUT2D eigenvalue weighted by atomic mass is 19.1. The van der Waals surface area contributed by atoms with E-state index in [4.69, 9.17) is 0 Å². The predicted octanol–water partition coefficient (Wildman–Crippen LogP) is 4.01. The molecule has 1 aromatic carbocycles. The zero-order valence-corrected chi connectivity index (χ0v) is 14.9. The Morgan fingerprint density at radius 3 is 2.46 bits per heavy atom. The molecule has 0 amide bonds. The van der Waals surface area contributed by atoms with Crippen LogP contribution in [0.15, 0.2) is 36.0 Å². The molecule has 0 fully saturated rings. The lowest BCUT2D eigenvalue weighted by Gasteiger charge is -2.32. The Morgan fingerprint density at radius 1 is 1.17 bits per heavy atom. The zero-order chi connectivity index (χ0) is 17.7. The Labute approximate surface area is 143 Å². The Morgan fingerprint density at radius 2 is 1.88 bits per heavy atom. The standard InChI is InChI=1S/C19H27F2N3/c1-5-23(6-2)12-15-9-19(22-24(13-15)11-14(3)4)17-8-7-16(20)10-18(17)21/h7-10,13-14,22H,5-6,11-12H2,1-4H3. The maximum Gasteiger partial charge on any atom is 0.135 e. The highest BCUT2D eigenvalue weighted by Gasteiger charge is 2.18. The molecule has 132 valence electrons. The Balaban J connectivity index is 2.31. The first-order valence-corrected chi connectivity index (χ1v) is 8.56. The lowest BCUT2D eigenvalue weighted by Crippen LogP contribution is -2.38. The summed E-state index contributed by atoms with van der Waals surface area (Å²) in [5.74, 6) is -0.659. The minimum atomic E-state index is -0.564. The van der Waals surface area contributed by atoms with Gasteiger partial charge in [-0.1, -0.05) is 27.7 Å². The van der Waals surface area contributed by atoms with E-state index < -0.39 is 11.6 Å². The molecule has 0 saturated carbocycles. The van der Waals surface area contributed by atoms with E-state index in [1.54, 1.807) is 0 Å². The summed E-state index contributed by atoms with van der Waals surface area (Å²) in [6, 6.07) is 3.69. The average Bonchev–Trinajstić information content (AvgIpc) is 2.51. The third-order valence-electron chi connectivity index (χ3n) is 4.00. The number of nitrogens with one attached hydrogen (secondary N) is 1. The van der Waals surface area contributed by atoms with Gasteiger partial charge in [-0.25, -0.2) is 8.78 Å². The van der Waals surface area contributed by atoms with Crippen molar-refractivity contribution in [2.24, 2.45) is 5.92 Å². The van der Waals surface area contributed by atoms with Gasteiger partial charge in [0.2, 0.25) is 0 Å². The summed E-state index contributed by atoms with van der Waals surface area (Å²) in [6.07, 6.45) is 4.02. The fourth-order valence-electron chi connectivity index (χ4n) is 2.77. The van der Waals surface area contributed by atoms with E-state index in [9.17, 15) is 8.78 Å². The topological polar surface area (TPSA) is 18.5 Å². The van der Waals surface area contributed by atoms with Crippen molar-refractivity contribution < 1.29 is 8.78 Å². The van der Waals surface area contributed by atoms with Gasteiger partial charge in [0.1, 0.15) is 11.6 Å². The molecule has 0 unspecified atom stereocenters. The van der Waals surface area contributed by atoms with Crippen molar-refractivity contribution in [1.29, 1.82) is 0 Å². The number of hydrogen-bond acceptors (Lipinski definition) is 3. The quantitative estimate of drug-likeness (QED) is 0.812. The predicted molar refractivity (Wildman–Crippen MR) is 94.9 cm³/mol. The van der Waals surface area contributed by atoms with Crippen molar-refractivity contribution >= 4 is 5.70 Å². The molecule has 3 nitrogen and oxygen atoms in total. The van der Waals surface area contributed by atoms with E-state index in [0.29, 0.717) is 17.2 Å². The van der Waals surface area contributed by atoms with Crippen LogP contribution in [0.5, 0.6) is 0 Å². The summed E-state index contributed by atoms with van der Waals surface area (Å²) in [4.78, 5) is 2.31. The minimum Gasteiger partial charge on any atom is -0.300 e. The van der Waals surface area contributed by atoms with E-state index in [-0.39, 0.29) is 0 Å². The summed E-state index contributed by atoms with van der Waals surface area (Å²) < 4.78 is 27.4. The molecular weight excluding hydrogens is 308 g/mol. The van der Waals surface area contributed by atoms with Crippen LogP contribution >= 0.6 is 0 Å². The molecule has 0 saturated heterocycles. The van der Waals surface area contributed by atoms with E-state index >= 15 is 0 Å². The molecule has 24 heavy (non-hydrogen) atoms. The molecule has 1 aliphatic rings. The zero-order valence-electron chi connectivity index (χ0n) is 14.9. The average molecular weight is 335 g/mol. The van der Waals surface area contributed by atoms with Crippen LogP contribution in [-0.4, -0.2) is 36.1 Å². The van der Waals surface area contributed by atoms with Crippen LogP contribution in [0.4, 0.5) is 8.78 Å². The Hall–Kier alpha value is -1.88. The summed E-state index contributed by atoms with van der Waals surface area (Å²) in [5, 5.41) is 1.99. The van der Waals surface area contributed by atoms with Crippen LogP contribution < -0.4 is 5.43 Å². The lowest BCUT2D eigenvalue weighted by atomic mass is 10.1. The van der Waals surface area contributed by atoms with Crippen LogP contribution in [0.1, 0.15) is 33.3 Å². The van der Waals surface area contributed by atoms with E-state index in [0.717, 1.165) is 37.8 Å². The third-order valence-corrected chi connectivity index (χ3v) is 4.00. The van der Waals surface area contributed by atoms with Gasteiger partial charge < -0.3 is 0 Å². The maximum absolute atomic E-state index is 14.2. The fraction of sp³-hybridized carbons (Fsp3) is 0.474. The van der Waals surface area contributed by atoms with E-state index in [1.807, 2.05) is 11.1 Å². The largest absolute Gasteiger partial charge is 0.300 e. The third kappa shape index (κ3) is 4.81. The number of hydrogen-bond donors (Lipinski definition) is 1. The van der Waals surface area contributed by atoms with Crippen molar-refractivity contribution in [1.82, 2.24) is 15.3 Å². The van der Waals surface area contributed by atoms with Crippen LogP contribution in [0.2, 0.25) is 0 Å². The number of rotatable bonds is 7. The Bertz CT molecular complexity index is 619. The molecule has 0 radical (unpaired) electrons. The number of benzene rings is 1. The second kappa shape index (κ2) is 8.29. The SMILES string of the molecule is CCN(CC)CC1=CN(CC(C)C)NC(c2ccc(F)cc2F)=C1. The molecule has 1 aliphatic heterocycles. The van der Waals surface area contributed by atoms with Gasteiger partial charge in [0.15, 0.2) is 0 Å². The molecule has 0 aromatic heterocycles. The van der Waals surface area contributed by atoms with E-state index in [2.05, 4.69) is 44.2 Å². The molecule has 0 aliphatic carbocycles. The van der Waals surface area contributed by atoms with Crippen LogP contribution in [0.3, 0.4) is 0 Å². The van der Waals surface area contributed by atoms with Crippen LogP contribution in [0.25, 0.3) is 5.70 Å². The first-order chi connectivity index (χ1) is 11.4. The van der Waals surface area contributed by atoms with Crippen molar-refractivity contribution in [2.75, 3.05) is 26.2 Å². The fourth-order valence-corrected chi connectivity index (χ4v) is 2.77. The summed E-state index contributed by atoms with van der Waals surface area (Å²) in [7, 11) is 0. The molecule has 0 spiro atoms. The van der Waals surface area contributed by atoms with Crippen molar-refractivity contribution in [3.8, 4) is 0 Å². The van der Waals surface area contributed by atoms with E-state index in [1.165, 1.54) is 12.1 Å².